The van der Waals surface area contributed by atoms with E-state index in [4.69, 9.17) is 0 Å². The number of aryl methyl sites for hydroxylation is 1. The van der Waals surface area contributed by atoms with Gasteiger partial charge in [0.1, 0.15) is 0 Å². The molecular weight excluding hydrogens is 324 g/mol. The fraction of sp³-hybridized carbons (Fsp3) is 0.682. The van der Waals surface area contributed by atoms with Crippen LogP contribution in [-0.2, 0) is 6.42 Å². The third-order valence-corrected chi connectivity index (χ3v) is 6.11. The van der Waals surface area contributed by atoms with Crippen LogP contribution in [0.4, 0.5) is 4.79 Å². The van der Waals surface area contributed by atoms with Crippen LogP contribution >= 0.6 is 0 Å². The van der Waals surface area contributed by atoms with Crippen molar-refractivity contribution in [3.8, 4) is 0 Å². The van der Waals surface area contributed by atoms with E-state index in [1.54, 1.807) is 4.90 Å². The van der Waals surface area contributed by atoms with Crippen molar-refractivity contribution in [1.82, 2.24) is 9.80 Å². The standard InChI is InChI=1S/C22H34N2O2/c1-16(23-13-6-5-7-14-23)17-11-12-19-18(15-17)9-8-10-20(19)24(21(25)26)22(2,3)4/h11-12,15-16,20H,5-10,13-14H2,1-4H3,(H,25,26)/t16?,20-/m1/s1. The largest absolute Gasteiger partial charge is 0.465 e. The van der Waals surface area contributed by atoms with Gasteiger partial charge in [-0.2, -0.15) is 0 Å². The molecule has 1 fully saturated rings. The Kier molecular flexibility index (Phi) is 5.61. The summed E-state index contributed by atoms with van der Waals surface area (Å²) in [6, 6.07) is 7.20. The minimum Gasteiger partial charge on any atom is -0.465 e. The van der Waals surface area contributed by atoms with Gasteiger partial charge < -0.3 is 5.11 Å². The summed E-state index contributed by atoms with van der Waals surface area (Å²) >= 11 is 0. The molecule has 2 aliphatic rings. The highest BCUT2D eigenvalue weighted by atomic mass is 16.4. The highest BCUT2D eigenvalue weighted by molar-refractivity contribution is 5.67. The molecule has 2 atom stereocenters. The van der Waals surface area contributed by atoms with Crippen molar-refractivity contribution in [3.63, 3.8) is 0 Å². The number of likely N-dealkylation sites (tertiary alicyclic amines) is 1. The van der Waals surface area contributed by atoms with E-state index >= 15 is 0 Å². The average molecular weight is 359 g/mol. The molecule has 1 aromatic rings. The van der Waals surface area contributed by atoms with Crippen LogP contribution in [0.3, 0.4) is 0 Å². The molecule has 1 heterocycles. The summed E-state index contributed by atoms with van der Waals surface area (Å²) in [7, 11) is 0. The maximum absolute atomic E-state index is 12.0. The topological polar surface area (TPSA) is 43.8 Å². The van der Waals surface area contributed by atoms with Crippen molar-refractivity contribution >= 4 is 6.09 Å². The first-order valence-electron chi connectivity index (χ1n) is 10.2. The lowest BCUT2D eigenvalue weighted by atomic mass is 9.83. The monoisotopic (exact) mass is 358 g/mol. The highest BCUT2D eigenvalue weighted by Gasteiger charge is 2.36. The number of hydrogen-bond acceptors (Lipinski definition) is 2. The van der Waals surface area contributed by atoms with Crippen LogP contribution in [0.2, 0.25) is 0 Å². The summed E-state index contributed by atoms with van der Waals surface area (Å²) in [5, 5.41) is 9.82. The molecule has 0 bridgehead atoms. The number of carboxylic acid groups (broad SMARTS) is 1. The third-order valence-electron chi connectivity index (χ3n) is 6.11. The first-order chi connectivity index (χ1) is 12.3. The highest BCUT2D eigenvalue weighted by Crippen LogP contribution is 2.39. The predicted molar refractivity (Wildman–Crippen MR) is 106 cm³/mol. The molecule has 1 aromatic carbocycles. The Labute approximate surface area is 158 Å². The van der Waals surface area contributed by atoms with Crippen LogP contribution in [0, 0.1) is 0 Å². The Bertz CT molecular complexity index is 644. The Morgan fingerprint density at radius 1 is 1.19 bits per heavy atom. The summed E-state index contributed by atoms with van der Waals surface area (Å²) in [6.45, 7) is 10.7. The number of benzene rings is 1. The number of amides is 1. The third kappa shape index (κ3) is 3.90. The van der Waals surface area contributed by atoms with Crippen molar-refractivity contribution in [2.75, 3.05) is 13.1 Å². The molecule has 0 spiro atoms. The average Bonchev–Trinajstić information content (AvgIpc) is 2.60. The van der Waals surface area contributed by atoms with Gasteiger partial charge in [-0.1, -0.05) is 24.6 Å². The Morgan fingerprint density at radius 3 is 2.50 bits per heavy atom. The van der Waals surface area contributed by atoms with Gasteiger partial charge in [-0.15, -0.1) is 0 Å². The quantitative estimate of drug-likeness (QED) is 0.788. The van der Waals surface area contributed by atoms with Crippen molar-refractivity contribution in [2.45, 2.75) is 83.8 Å². The lowest BCUT2D eigenvalue weighted by Crippen LogP contribution is -2.48. The van der Waals surface area contributed by atoms with Crippen LogP contribution in [0.15, 0.2) is 18.2 Å². The number of hydrogen-bond donors (Lipinski definition) is 1. The van der Waals surface area contributed by atoms with E-state index in [1.165, 1.54) is 49.0 Å². The zero-order valence-electron chi connectivity index (χ0n) is 16.8. The molecule has 1 aliphatic heterocycles. The van der Waals surface area contributed by atoms with Crippen LogP contribution in [0.5, 0.6) is 0 Å². The molecule has 0 radical (unpaired) electrons. The number of fused-ring (bicyclic) bond motifs is 1. The Balaban J connectivity index is 1.88. The second kappa shape index (κ2) is 7.59. The van der Waals surface area contributed by atoms with Gasteiger partial charge in [0.2, 0.25) is 0 Å². The minimum absolute atomic E-state index is 0.0319. The van der Waals surface area contributed by atoms with Gasteiger partial charge in [0, 0.05) is 11.6 Å². The van der Waals surface area contributed by atoms with E-state index in [0.29, 0.717) is 6.04 Å². The summed E-state index contributed by atoms with van der Waals surface area (Å²) in [6.07, 6.45) is 6.17. The van der Waals surface area contributed by atoms with Crippen molar-refractivity contribution in [3.05, 3.63) is 34.9 Å². The maximum atomic E-state index is 12.0. The summed E-state index contributed by atoms with van der Waals surface area (Å²) < 4.78 is 0. The molecule has 1 aliphatic carbocycles. The molecule has 4 nitrogen and oxygen atoms in total. The van der Waals surface area contributed by atoms with Crippen LogP contribution in [0.25, 0.3) is 0 Å². The van der Waals surface area contributed by atoms with Gasteiger partial charge in [0.15, 0.2) is 0 Å². The molecule has 4 heteroatoms. The SMILES string of the molecule is CC(c1ccc2c(c1)CCC[C@H]2N(C(=O)O)C(C)(C)C)N1CCCCC1. The van der Waals surface area contributed by atoms with Gasteiger partial charge in [-0.05, 0) is 89.6 Å². The lowest BCUT2D eigenvalue weighted by molar-refractivity contribution is 0.0637. The molecule has 0 saturated carbocycles. The minimum atomic E-state index is -0.818. The van der Waals surface area contributed by atoms with E-state index < -0.39 is 11.6 Å². The normalized spacial score (nSPS) is 22.5. The number of rotatable bonds is 3. The van der Waals surface area contributed by atoms with Crippen molar-refractivity contribution in [2.24, 2.45) is 0 Å². The molecule has 26 heavy (non-hydrogen) atoms. The molecule has 0 aromatic heterocycles. The molecule has 1 unspecified atom stereocenters. The fourth-order valence-corrected chi connectivity index (χ4v) is 4.74. The van der Waals surface area contributed by atoms with Crippen molar-refractivity contribution < 1.29 is 9.90 Å². The zero-order chi connectivity index (χ0) is 18.9. The Morgan fingerprint density at radius 2 is 1.88 bits per heavy atom. The molecule has 1 saturated heterocycles. The van der Waals surface area contributed by atoms with E-state index in [1.807, 2.05) is 20.8 Å². The number of nitrogens with zero attached hydrogens (tertiary/aromatic N) is 2. The van der Waals surface area contributed by atoms with Crippen molar-refractivity contribution in [1.29, 1.82) is 0 Å². The van der Waals surface area contributed by atoms with E-state index in [-0.39, 0.29) is 6.04 Å². The molecule has 144 valence electrons. The summed E-state index contributed by atoms with van der Waals surface area (Å²) in [4.78, 5) is 16.2. The second-order valence-corrected chi connectivity index (χ2v) is 8.96. The summed E-state index contributed by atoms with van der Waals surface area (Å²) in [5.74, 6) is 0. The van der Waals surface area contributed by atoms with E-state index in [2.05, 4.69) is 30.0 Å². The van der Waals surface area contributed by atoms with E-state index in [0.717, 1.165) is 19.3 Å². The lowest BCUT2D eigenvalue weighted by Gasteiger charge is -2.42. The van der Waals surface area contributed by atoms with Gasteiger partial charge in [-0.25, -0.2) is 4.79 Å². The second-order valence-electron chi connectivity index (χ2n) is 8.96. The molecule has 1 amide bonds. The van der Waals surface area contributed by atoms with E-state index in [9.17, 15) is 9.90 Å². The van der Waals surface area contributed by atoms with Crippen LogP contribution in [0.1, 0.15) is 88.6 Å². The Hall–Kier alpha value is -1.55. The molecule has 3 rings (SSSR count). The zero-order valence-corrected chi connectivity index (χ0v) is 16.8. The summed E-state index contributed by atoms with van der Waals surface area (Å²) in [5.41, 5.74) is 3.54. The number of carbonyl (C=O) groups is 1. The smallest absolute Gasteiger partial charge is 0.408 e. The van der Waals surface area contributed by atoms with Gasteiger partial charge in [-0.3, -0.25) is 9.80 Å². The molecular formula is C22H34N2O2. The molecule has 1 N–H and O–H groups in total. The van der Waals surface area contributed by atoms with Gasteiger partial charge in [0.25, 0.3) is 0 Å². The fourth-order valence-electron chi connectivity index (χ4n) is 4.74. The first kappa shape index (κ1) is 19.2. The van der Waals surface area contributed by atoms with Gasteiger partial charge >= 0.3 is 6.09 Å². The first-order valence-corrected chi connectivity index (χ1v) is 10.2. The predicted octanol–water partition coefficient (Wildman–Crippen LogP) is 5.39. The van der Waals surface area contributed by atoms with Gasteiger partial charge in [0.05, 0.1) is 6.04 Å². The maximum Gasteiger partial charge on any atom is 0.408 e. The van der Waals surface area contributed by atoms with Crippen LogP contribution in [-0.4, -0.2) is 39.6 Å². The number of piperidine rings is 1. The van der Waals surface area contributed by atoms with Crippen LogP contribution < -0.4 is 0 Å².